The van der Waals surface area contributed by atoms with E-state index in [9.17, 15) is 0 Å². The van der Waals surface area contributed by atoms with Crippen molar-refractivity contribution in [3.63, 3.8) is 0 Å². The predicted octanol–water partition coefficient (Wildman–Crippen LogP) is 2.32. The lowest BCUT2D eigenvalue weighted by Crippen LogP contribution is -2.25. The number of allylic oxidation sites excluding steroid dienone is 3. The van der Waals surface area contributed by atoms with E-state index in [4.69, 9.17) is 5.26 Å². The summed E-state index contributed by atoms with van der Waals surface area (Å²) in [6.45, 7) is 3.99. The van der Waals surface area contributed by atoms with Crippen molar-refractivity contribution in [1.29, 1.82) is 5.26 Å². The lowest BCUT2D eigenvalue weighted by Gasteiger charge is -2.15. The maximum absolute atomic E-state index is 8.79. The molecule has 1 atom stereocenters. The molecule has 0 saturated heterocycles. The third-order valence-corrected chi connectivity index (χ3v) is 2.46. The van der Waals surface area contributed by atoms with Gasteiger partial charge in [-0.2, -0.15) is 5.26 Å². The van der Waals surface area contributed by atoms with Crippen LogP contribution in [0.4, 0.5) is 0 Å². The van der Waals surface area contributed by atoms with E-state index < -0.39 is 0 Å². The van der Waals surface area contributed by atoms with Crippen LogP contribution >= 0.6 is 0 Å². The molecule has 1 aliphatic carbocycles. The molecule has 0 heterocycles. The van der Waals surface area contributed by atoms with Crippen molar-refractivity contribution in [2.45, 2.75) is 25.3 Å². The zero-order chi connectivity index (χ0) is 10.4. The van der Waals surface area contributed by atoms with Gasteiger partial charge < -0.3 is 5.32 Å². The number of nitriles is 1. The summed E-state index contributed by atoms with van der Waals surface area (Å²) in [4.78, 5) is 0. The first-order valence-electron chi connectivity index (χ1n) is 4.92. The Labute approximate surface area is 85.6 Å². The Balaban J connectivity index is 2.78. The van der Waals surface area contributed by atoms with Crippen molar-refractivity contribution in [3.05, 3.63) is 36.0 Å². The van der Waals surface area contributed by atoms with E-state index in [1.165, 1.54) is 0 Å². The normalized spacial score (nSPS) is 29.0. The van der Waals surface area contributed by atoms with Gasteiger partial charge in [-0.05, 0) is 38.0 Å². The second-order valence-corrected chi connectivity index (χ2v) is 3.45. The molecule has 0 fully saturated rings. The van der Waals surface area contributed by atoms with Crippen LogP contribution in [0.25, 0.3) is 0 Å². The van der Waals surface area contributed by atoms with E-state index in [0.717, 1.165) is 30.4 Å². The van der Waals surface area contributed by atoms with Crippen molar-refractivity contribution in [2.24, 2.45) is 0 Å². The van der Waals surface area contributed by atoms with Crippen molar-refractivity contribution >= 4 is 0 Å². The topological polar surface area (TPSA) is 35.8 Å². The number of nitrogens with one attached hydrogen (secondary N) is 1. The summed E-state index contributed by atoms with van der Waals surface area (Å²) in [6.07, 6.45) is 8.91. The van der Waals surface area contributed by atoms with Gasteiger partial charge >= 0.3 is 0 Å². The smallest absolute Gasteiger partial charge is 0.0988 e. The first kappa shape index (κ1) is 10.7. The first-order chi connectivity index (χ1) is 6.77. The molecule has 0 bridgehead atoms. The van der Waals surface area contributed by atoms with Gasteiger partial charge in [0.15, 0.2) is 0 Å². The summed E-state index contributed by atoms with van der Waals surface area (Å²) in [7, 11) is 1.94. The molecule has 1 rings (SSSR count). The molecule has 0 aromatic heterocycles. The number of likely N-dealkylation sites (N-methyl/N-ethyl adjacent to an activating group) is 1. The van der Waals surface area contributed by atoms with Gasteiger partial charge in [-0.25, -0.2) is 0 Å². The van der Waals surface area contributed by atoms with Crippen LogP contribution < -0.4 is 5.32 Å². The third kappa shape index (κ3) is 2.86. The van der Waals surface area contributed by atoms with Crippen LogP contribution in [0.1, 0.15) is 19.3 Å². The molecule has 0 unspecified atom stereocenters. The quantitative estimate of drug-likeness (QED) is 0.685. The standard InChI is InChI=1S/C12H16N2/c1-10-7-8-11(9-13)5-3-4-6-12(10)14-2/h5,7-8,12,14H,1,3-4,6H2,2H3/b8-7-,11-5+/t12-/m0/s1. The first-order valence-corrected chi connectivity index (χ1v) is 4.92. The molecule has 1 aliphatic rings. The van der Waals surface area contributed by atoms with Crippen LogP contribution in [0.15, 0.2) is 36.0 Å². The number of hydrogen-bond donors (Lipinski definition) is 1. The molecule has 0 amide bonds. The lowest BCUT2D eigenvalue weighted by atomic mass is 10.0. The summed E-state index contributed by atoms with van der Waals surface area (Å²) in [6, 6.07) is 2.51. The second-order valence-electron chi connectivity index (χ2n) is 3.45. The highest BCUT2D eigenvalue weighted by Crippen LogP contribution is 2.14. The van der Waals surface area contributed by atoms with Gasteiger partial charge in [0, 0.05) is 11.6 Å². The fraction of sp³-hybridized carbons (Fsp3) is 0.417. The van der Waals surface area contributed by atoms with E-state index in [2.05, 4.69) is 18.0 Å². The Kier molecular flexibility index (Phi) is 4.15. The lowest BCUT2D eigenvalue weighted by molar-refractivity contribution is 0.575. The summed E-state index contributed by atoms with van der Waals surface area (Å²) >= 11 is 0. The van der Waals surface area contributed by atoms with Gasteiger partial charge in [0.1, 0.15) is 0 Å². The van der Waals surface area contributed by atoms with E-state index in [1.807, 2.05) is 25.3 Å². The zero-order valence-corrected chi connectivity index (χ0v) is 8.59. The molecule has 0 saturated carbocycles. The zero-order valence-electron chi connectivity index (χ0n) is 8.59. The molecular formula is C12H16N2. The Hall–Kier alpha value is -1.33. The number of hydrogen-bond acceptors (Lipinski definition) is 2. The molecule has 1 N–H and O–H groups in total. The van der Waals surface area contributed by atoms with Crippen molar-refractivity contribution < 1.29 is 0 Å². The van der Waals surface area contributed by atoms with Crippen LogP contribution in [-0.4, -0.2) is 13.1 Å². The molecule has 0 aromatic carbocycles. The molecular weight excluding hydrogens is 172 g/mol. The summed E-state index contributed by atoms with van der Waals surface area (Å²) in [5.41, 5.74) is 1.79. The molecule has 14 heavy (non-hydrogen) atoms. The van der Waals surface area contributed by atoms with Crippen LogP contribution in [0, 0.1) is 11.3 Å². The monoisotopic (exact) mass is 188 g/mol. The minimum atomic E-state index is 0.345. The van der Waals surface area contributed by atoms with E-state index in [1.54, 1.807) is 0 Å². The summed E-state index contributed by atoms with van der Waals surface area (Å²) < 4.78 is 0. The van der Waals surface area contributed by atoms with Crippen molar-refractivity contribution in [1.82, 2.24) is 5.32 Å². The van der Waals surface area contributed by atoms with Gasteiger partial charge in [0.05, 0.1) is 6.07 Å². The van der Waals surface area contributed by atoms with E-state index in [-0.39, 0.29) is 0 Å². The molecule has 0 aromatic rings. The highest BCUT2D eigenvalue weighted by molar-refractivity contribution is 5.37. The average Bonchev–Trinajstić information content (AvgIpc) is 2.29. The maximum Gasteiger partial charge on any atom is 0.0988 e. The maximum atomic E-state index is 8.79. The molecule has 2 nitrogen and oxygen atoms in total. The third-order valence-electron chi connectivity index (χ3n) is 2.46. The number of rotatable bonds is 1. The minimum absolute atomic E-state index is 0.345. The van der Waals surface area contributed by atoms with Crippen molar-refractivity contribution in [3.8, 4) is 6.07 Å². The Morgan fingerprint density at radius 2 is 2.36 bits per heavy atom. The highest BCUT2D eigenvalue weighted by atomic mass is 14.9. The summed E-state index contributed by atoms with van der Waals surface area (Å²) in [5.74, 6) is 0. The van der Waals surface area contributed by atoms with Crippen LogP contribution in [0.2, 0.25) is 0 Å². The summed E-state index contributed by atoms with van der Waals surface area (Å²) in [5, 5.41) is 12.0. The van der Waals surface area contributed by atoms with Crippen molar-refractivity contribution in [2.75, 3.05) is 7.05 Å². The molecule has 2 heteroatoms. The van der Waals surface area contributed by atoms with E-state index in [0.29, 0.717) is 6.04 Å². The van der Waals surface area contributed by atoms with Crippen LogP contribution in [0.5, 0.6) is 0 Å². The predicted molar refractivity (Wildman–Crippen MR) is 58.7 cm³/mol. The Morgan fingerprint density at radius 3 is 3.00 bits per heavy atom. The molecule has 0 aliphatic heterocycles. The van der Waals surface area contributed by atoms with Crippen LogP contribution in [0.3, 0.4) is 0 Å². The highest BCUT2D eigenvalue weighted by Gasteiger charge is 2.08. The fourth-order valence-corrected chi connectivity index (χ4v) is 1.56. The van der Waals surface area contributed by atoms with Gasteiger partial charge in [-0.15, -0.1) is 0 Å². The SMILES string of the molecule is C=C1/C=C\C(C#N)=C/CCC[C@@H]1NC. The minimum Gasteiger partial charge on any atom is -0.313 e. The number of nitrogens with zero attached hydrogens (tertiary/aromatic N) is 1. The Bertz CT molecular complexity index is 305. The second kappa shape index (κ2) is 5.41. The molecule has 74 valence electrons. The van der Waals surface area contributed by atoms with Gasteiger partial charge in [-0.3, -0.25) is 0 Å². The van der Waals surface area contributed by atoms with Gasteiger partial charge in [-0.1, -0.05) is 18.7 Å². The van der Waals surface area contributed by atoms with Gasteiger partial charge in [0.2, 0.25) is 0 Å². The van der Waals surface area contributed by atoms with Gasteiger partial charge in [0.25, 0.3) is 0 Å². The fourth-order valence-electron chi connectivity index (χ4n) is 1.56. The molecule has 0 radical (unpaired) electrons. The largest absolute Gasteiger partial charge is 0.313 e. The van der Waals surface area contributed by atoms with E-state index >= 15 is 0 Å². The Morgan fingerprint density at radius 1 is 1.57 bits per heavy atom. The van der Waals surface area contributed by atoms with Crippen LogP contribution in [-0.2, 0) is 0 Å². The average molecular weight is 188 g/mol. The molecule has 0 spiro atoms.